The van der Waals surface area contributed by atoms with Crippen LogP contribution in [-0.2, 0) is 9.59 Å². The van der Waals surface area contributed by atoms with E-state index in [1.54, 1.807) is 6.92 Å². The molecule has 8 nitrogen and oxygen atoms in total. The molecule has 0 bridgehead atoms. The molecule has 2 aliphatic rings. The lowest BCUT2D eigenvalue weighted by Crippen LogP contribution is -2.53. The lowest BCUT2D eigenvalue weighted by atomic mass is 9.87. The first-order chi connectivity index (χ1) is 10.0. The number of aliphatic carboxylic acids is 1. The number of carbonyl (C=O) groups is 2. The van der Waals surface area contributed by atoms with Crippen LogP contribution in [0.3, 0.4) is 0 Å². The molecule has 0 radical (unpaired) electrons. The topological polar surface area (TPSA) is 109 Å². The second-order valence-electron chi connectivity index (χ2n) is 5.85. The van der Waals surface area contributed by atoms with Gasteiger partial charge in [-0.05, 0) is 18.8 Å². The largest absolute Gasteiger partial charge is 0.481 e. The maximum atomic E-state index is 11.8. The van der Waals surface area contributed by atoms with Gasteiger partial charge in [-0.15, -0.1) is 5.10 Å². The number of carboxylic acids is 1. The summed E-state index contributed by atoms with van der Waals surface area (Å²) in [7, 11) is 0. The van der Waals surface area contributed by atoms with E-state index in [0.29, 0.717) is 24.9 Å². The molecule has 1 aromatic rings. The van der Waals surface area contributed by atoms with Crippen molar-refractivity contribution in [2.75, 3.05) is 25.0 Å². The summed E-state index contributed by atoms with van der Waals surface area (Å²) in [6.45, 7) is 3.16. The highest BCUT2D eigenvalue weighted by Crippen LogP contribution is 2.39. The van der Waals surface area contributed by atoms with Crippen LogP contribution in [0.5, 0.6) is 0 Å². The van der Waals surface area contributed by atoms with Gasteiger partial charge in [-0.3, -0.25) is 19.8 Å². The van der Waals surface area contributed by atoms with Crippen LogP contribution in [0.2, 0.25) is 0 Å². The van der Waals surface area contributed by atoms with Gasteiger partial charge in [0.15, 0.2) is 0 Å². The van der Waals surface area contributed by atoms with Gasteiger partial charge < -0.3 is 9.52 Å². The highest BCUT2D eigenvalue weighted by atomic mass is 16.4. The summed E-state index contributed by atoms with van der Waals surface area (Å²) in [5.41, 5.74) is 0. The van der Waals surface area contributed by atoms with Crippen molar-refractivity contribution < 1.29 is 19.1 Å². The molecule has 2 fully saturated rings. The Morgan fingerprint density at radius 2 is 2.14 bits per heavy atom. The molecular formula is C13H18N4O4. The molecule has 0 aromatic carbocycles. The van der Waals surface area contributed by atoms with Gasteiger partial charge in [-0.2, -0.15) is 0 Å². The molecule has 8 heteroatoms. The van der Waals surface area contributed by atoms with Crippen LogP contribution in [0.15, 0.2) is 4.42 Å². The Hall–Kier alpha value is -1.96. The van der Waals surface area contributed by atoms with E-state index in [0.717, 1.165) is 12.8 Å². The minimum absolute atomic E-state index is 0.111. The molecule has 1 amide bonds. The summed E-state index contributed by atoms with van der Waals surface area (Å²) < 4.78 is 5.35. The summed E-state index contributed by atoms with van der Waals surface area (Å²) >= 11 is 0. The molecule has 1 unspecified atom stereocenters. The number of rotatable bonds is 6. The van der Waals surface area contributed by atoms with E-state index in [4.69, 9.17) is 9.52 Å². The lowest BCUT2D eigenvalue weighted by molar-refractivity contribution is -0.145. The van der Waals surface area contributed by atoms with Crippen LogP contribution >= 0.6 is 0 Å². The predicted molar refractivity (Wildman–Crippen MR) is 71.6 cm³/mol. The minimum atomic E-state index is -0.789. The Morgan fingerprint density at radius 3 is 2.76 bits per heavy atom. The van der Waals surface area contributed by atoms with Crippen LogP contribution in [-0.4, -0.2) is 51.7 Å². The van der Waals surface area contributed by atoms with Crippen LogP contribution < -0.4 is 5.32 Å². The fourth-order valence-electron chi connectivity index (χ4n) is 2.40. The zero-order valence-electron chi connectivity index (χ0n) is 11.8. The maximum absolute atomic E-state index is 11.8. The molecule has 114 valence electrons. The normalized spacial score (nSPS) is 20.8. The van der Waals surface area contributed by atoms with E-state index in [1.807, 2.05) is 4.90 Å². The molecule has 2 N–H and O–H groups in total. The molecule has 1 saturated heterocycles. The summed E-state index contributed by atoms with van der Waals surface area (Å²) in [6.07, 6.45) is 2.12. The Balaban J connectivity index is 1.42. The number of hydrogen-bond acceptors (Lipinski definition) is 6. The molecule has 1 atom stereocenters. The van der Waals surface area contributed by atoms with E-state index in [1.165, 1.54) is 0 Å². The fourth-order valence-corrected chi connectivity index (χ4v) is 2.40. The Kier molecular flexibility index (Phi) is 3.62. The fraction of sp³-hybridized carbons (Fsp3) is 0.692. The zero-order chi connectivity index (χ0) is 15.0. The van der Waals surface area contributed by atoms with Gasteiger partial charge in [0.1, 0.15) is 0 Å². The maximum Gasteiger partial charge on any atom is 0.322 e. The van der Waals surface area contributed by atoms with Crippen molar-refractivity contribution in [1.82, 2.24) is 15.1 Å². The second-order valence-corrected chi connectivity index (χ2v) is 5.85. The second kappa shape index (κ2) is 5.44. The van der Waals surface area contributed by atoms with Crippen molar-refractivity contribution in [1.29, 1.82) is 0 Å². The third-order valence-electron chi connectivity index (χ3n) is 4.06. The number of carbonyl (C=O) groups excluding carboxylic acids is 1. The van der Waals surface area contributed by atoms with Crippen molar-refractivity contribution in [3.63, 3.8) is 0 Å². The summed E-state index contributed by atoms with van der Waals surface area (Å²) in [4.78, 5) is 24.6. The average Bonchev–Trinajstić information content (AvgIpc) is 3.14. The zero-order valence-corrected chi connectivity index (χ0v) is 11.8. The lowest BCUT2D eigenvalue weighted by Gasteiger charge is -2.40. The van der Waals surface area contributed by atoms with Gasteiger partial charge in [0.2, 0.25) is 11.8 Å². The van der Waals surface area contributed by atoms with Crippen molar-refractivity contribution in [3.05, 3.63) is 5.89 Å². The van der Waals surface area contributed by atoms with Crippen molar-refractivity contribution >= 4 is 17.9 Å². The SMILES string of the molecule is CC(C(=O)O)C1CN(CC(=O)Nc2nnc(C3CC3)o2)C1. The van der Waals surface area contributed by atoms with Gasteiger partial charge >= 0.3 is 12.0 Å². The average molecular weight is 294 g/mol. The summed E-state index contributed by atoms with van der Waals surface area (Å²) in [5, 5.41) is 19.2. The number of hydrogen-bond donors (Lipinski definition) is 2. The van der Waals surface area contributed by atoms with Gasteiger partial charge in [-0.25, -0.2) is 0 Å². The molecule has 21 heavy (non-hydrogen) atoms. The van der Waals surface area contributed by atoms with Gasteiger partial charge in [0.25, 0.3) is 0 Å². The van der Waals surface area contributed by atoms with E-state index < -0.39 is 5.97 Å². The molecular weight excluding hydrogens is 276 g/mol. The predicted octanol–water partition coefficient (Wildman–Crippen LogP) is 0.538. The number of aromatic nitrogens is 2. The van der Waals surface area contributed by atoms with Crippen LogP contribution in [0.4, 0.5) is 6.01 Å². The number of carboxylic acid groups (broad SMARTS) is 1. The van der Waals surface area contributed by atoms with Gasteiger partial charge in [0, 0.05) is 19.0 Å². The Bertz CT molecular complexity index is 548. The quantitative estimate of drug-likeness (QED) is 0.788. The summed E-state index contributed by atoms with van der Waals surface area (Å²) in [6, 6.07) is 0.137. The first-order valence-corrected chi connectivity index (χ1v) is 7.11. The highest BCUT2D eigenvalue weighted by Gasteiger charge is 2.35. The first kappa shape index (κ1) is 14.0. The number of nitrogens with one attached hydrogen (secondary N) is 1. The molecule has 2 heterocycles. The molecule has 1 aliphatic carbocycles. The first-order valence-electron chi connectivity index (χ1n) is 7.11. The number of amides is 1. The third kappa shape index (κ3) is 3.21. The van der Waals surface area contributed by atoms with Crippen molar-refractivity contribution in [3.8, 4) is 0 Å². The van der Waals surface area contributed by atoms with Crippen molar-refractivity contribution in [2.24, 2.45) is 11.8 Å². The molecule has 1 aromatic heterocycles. The number of nitrogens with zero attached hydrogens (tertiary/aromatic N) is 3. The molecule has 0 spiro atoms. The third-order valence-corrected chi connectivity index (χ3v) is 4.06. The summed E-state index contributed by atoms with van der Waals surface area (Å²) in [5.74, 6) is -0.326. The van der Waals surface area contributed by atoms with E-state index >= 15 is 0 Å². The highest BCUT2D eigenvalue weighted by molar-refractivity contribution is 5.90. The standard InChI is InChI=1S/C13H18N4O4/c1-7(12(19)20)9-4-17(5-9)6-10(18)14-13-16-15-11(21-13)8-2-3-8/h7-9H,2-6H2,1H3,(H,19,20)(H,14,16,18). The van der Waals surface area contributed by atoms with E-state index in [2.05, 4.69) is 15.5 Å². The Morgan fingerprint density at radius 1 is 1.43 bits per heavy atom. The smallest absolute Gasteiger partial charge is 0.322 e. The van der Waals surface area contributed by atoms with Crippen LogP contribution in [0.1, 0.15) is 31.6 Å². The van der Waals surface area contributed by atoms with Crippen molar-refractivity contribution in [2.45, 2.75) is 25.7 Å². The van der Waals surface area contributed by atoms with E-state index in [9.17, 15) is 9.59 Å². The number of anilines is 1. The molecule has 1 aliphatic heterocycles. The molecule has 1 saturated carbocycles. The number of likely N-dealkylation sites (tertiary alicyclic amines) is 1. The van der Waals surface area contributed by atoms with Crippen LogP contribution in [0, 0.1) is 11.8 Å². The van der Waals surface area contributed by atoms with Gasteiger partial charge in [-0.1, -0.05) is 12.0 Å². The monoisotopic (exact) mass is 294 g/mol. The molecule has 3 rings (SSSR count). The minimum Gasteiger partial charge on any atom is -0.481 e. The van der Waals surface area contributed by atoms with E-state index in [-0.39, 0.29) is 30.3 Å². The van der Waals surface area contributed by atoms with Crippen LogP contribution in [0.25, 0.3) is 0 Å². The Labute approximate surface area is 121 Å². The van der Waals surface area contributed by atoms with Gasteiger partial charge in [0.05, 0.1) is 12.5 Å².